The lowest BCUT2D eigenvalue weighted by molar-refractivity contribution is -0.768. The molecule has 0 aliphatic heterocycles. The van der Waals surface area contributed by atoms with Gasteiger partial charge < -0.3 is 20.2 Å². The third-order valence-electron chi connectivity index (χ3n) is 1.57. The second-order valence-electron chi connectivity index (χ2n) is 3.23. The smallest absolute Gasteiger partial charge is 0.394 e. The summed E-state index contributed by atoms with van der Waals surface area (Å²) in [4.78, 5) is 14.0. The van der Waals surface area contributed by atoms with Crippen molar-refractivity contribution in [2.45, 2.75) is 46.3 Å². The highest BCUT2D eigenvalue weighted by molar-refractivity contribution is 7.79. The summed E-state index contributed by atoms with van der Waals surface area (Å²) in [5, 5.41) is 33.0. The van der Waals surface area contributed by atoms with E-state index < -0.39 is 21.6 Å². The molecule has 0 spiro atoms. The highest BCUT2D eigenvalue weighted by Gasteiger charge is 2.06. The van der Waals surface area contributed by atoms with Gasteiger partial charge in [-0.3, -0.25) is 9.11 Å². The zero-order valence-corrected chi connectivity index (χ0v) is 11.9. The minimum Gasteiger partial charge on any atom is -0.394 e. The van der Waals surface area contributed by atoms with Crippen LogP contribution < -0.4 is 0 Å². The summed E-state index contributed by atoms with van der Waals surface area (Å²) in [6.07, 6.45) is 0.208. The molecule has 0 unspecified atom stereocenters. The minimum atomic E-state index is -4.67. The van der Waals surface area contributed by atoms with Crippen LogP contribution in [0.4, 0.5) is 0 Å². The van der Waals surface area contributed by atoms with E-state index in [2.05, 4.69) is 4.84 Å². The maximum absolute atomic E-state index is 9.71. The van der Waals surface area contributed by atoms with Gasteiger partial charge in [0, 0.05) is 0 Å². The Morgan fingerprint density at radius 2 is 1.43 bits per heavy atom. The van der Waals surface area contributed by atoms with E-state index in [1.807, 2.05) is 13.8 Å². The molecule has 12 heteroatoms. The van der Waals surface area contributed by atoms with E-state index in [1.54, 1.807) is 0 Å². The Labute approximate surface area is 123 Å². The van der Waals surface area contributed by atoms with E-state index in [4.69, 9.17) is 32.8 Å². The summed E-state index contributed by atoms with van der Waals surface area (Å²) in [6.45, 7) is 2.99. The summed E-state index contributed by atoms with van der Waals surface area (Å²) in [5.41, 5.74) is 0. The summed E-state index contributed by atoms with van der Waals surface area (Å²) >= 11 is 0. The molecule has 0 aliphatic carbocycles. The third-order valence-corrected chi connectivity index (χ3v) is 1.57. The van der Waals surface area contributed by atoms with Gasteiger partial charge in [0.15, 0.2) is 0 Å². The third kappa shape index (κ3) is 45.4. The molecule has 0 rings (SSSR count). The first-order valence-electron chi connectivity index (χ1n) is 5.42. The Kier molecular flexibility index (Phi) is 22.8. The fourth-order valence-corrected chi connectivity index (χ4v) is 0.617. The lowest BCUT2D eigenvalue weighted by atomic mass is 10.2. The number of aliphatic hydroxyl groups is 3. The van der Waals surface area contributed by atoms with Crippen LogP contribution in [0.2, 0.25) is 0 Å². The highest BCUT2D eigenvalue weighted by Crippen LogP contribution is 2.01. The Balaban J connectivity index is -0.000000106. The maximum atomic E-state index is 9.71. The first-order chi connectivity index (χ1) is 9.01. The number of hydrogen-bond acceptors (Lipinski definition) is 8. The molecule has 0 aliphatic rings. The van der Waals surface area contributed by atoms with Gasteiger partial charge >= 0.3 is 10.4 Å². The molecule has 0 aromatic carbocycles. The van der Waals surface area contributed by atoms with Crippen molar-refractivity contribution in [2.24, 2.45) is 0 Å². The zero-order valence-electron chi connectivity index (χ0n) is 11.1. The van der Waals surface area contributed by atoms with Crippen molar-refractivity contribution in [3.05, 3.63) is 10.1 Å². The topological polar surface area (TPSA) is 188 Å². The summed E-state index contributed by atoms with van der Waals surface area (Å²) < 4.78 is 31.6. The van der Waals surface area contributed by atoms with Crippen LogP contribution >= 0.6 is 0 Å². The fourth-order valence-electron chi connectivity index (χ4n) is 0.617. The Morgan fingerprint density at radius 1 is 1.14 bits per heavy atom. The van der Waals surface area contributed by atoms with Crippen molar-refractivity contribution in [2.75, 3.05) is 13.2 Å². The van der Waals surface area contributed by atoms with Gasteiger partial charge in [0.05, 0.1) is 13.2 Å². The quantitative estimate of drug-likeness (QED) is 0.244. The van der Waals surface area contributed by atoms with Crippen molar-refractivity contribution in [3.63, 3.8) is 0 Å². The Bertz CT molecular complexity index is 304. The van der Waals surface area contributed by atoms with Crippen LogP contribution in [0.15, 0.2) is 0 Å². The molecule has 0 radical (unpaired) electrons. The summed E-state index contributed by atoms with van der Waals surface area (Å²) in [5.74, 6) is 0. The molecule has 0 bridgehead atoms. The van der Waals surface area contributed by atoms with Crippen molar-refractivity contribution in [1.29, 1.82) is 0 Å². The molecule has 0 aromatic heterocycles. The van der Waals surface area contributed by atoms with E-state index in [9.17, 15) is 10.1 Å². The minimum absolute atomic E-state index is 0. The number of nitrogens with zero attached hydrogens (tertiary/aromatic N) is 1. The Hall–Kier alpha value is -1.05. The van der Waals surface area contributed by atoms with Crippen molar-refractivity contribution in [1.82, 2.24) is 0 Å². The van der Waals surface area contributed by atoms with Crippen LogP contribution in [0.5, 0.6) is 0 Å². The van der Waals surface area contributed by atoms with Gasteiger partial charge in [-0.15, -0.1) is 10.1 Å². The average molecular weight is 339 g/mol. The fraction of sp³-hybridized carbons (Fsp3) is 1.00. The molecule has 0 saturated heterocycles. The Morgan fingerprint density at radius 3 is 1.48 bits per heavy atom. The number of aliphatic hydroxyl groups excluding tert-OH is 3. The summed E-state index contributed by atoms with van der Waals surface area (Å²) in [7, 11) is -4.67. The lowest BCUT2D eigenvalue weighted by Crippen LogP contribution is -2.15. The van der Waals surface area contributed by atoms with Crippen molar-refractivity contribution < 1.29 is 42.8 Å². The molecular formula is C9H25NO10S. The van der Waals surface area contributed by atoms with Gasteiger partial charge in [0.25, 0.3) is 5.09 Å². The molecule has 5 N–H and O–H groups in total. The molecule has 0 fully saturated rings. The zero-order chi connectivity index (χ0) is 16.8. The second kappa shape index (κ2) is 17.0. The lowest BCUT2D eigenvalue weighted by Gasteiger charge is -2.07. The summed E-state index contributed by atoms with van der Waals surface area (Å²) in [6, 6.07) is 0. The molecule has 0 aromatic rings. The van der Waals surface area contributed by atoms with Crippen LogP contribution in [-0.4, -0.2) is 63.4 Å². The number of hydrogen-bond donors (Lipinski definition) is 5. The van der Waals surface area contributed by atoms with Crippen molar-refractivity contribution in [3.8, 4) is 0 Å². The van der Waals surface area contributed by atoms with Gasteiger partial charge in [-0.25, -0.2) is 0 Å². The van der Waals surface area contributed by atoms with E-state index in [1.165, 1.54) is 0 Å². The maximum Gasteiger partial charge on any atom is 0.394 e. The van der Waals surface area contributed by atoms with E-state index in [0.29, 0.717) is 12.8 Å². The molecule has 0 heterocycles. The van der Waals surface area contributed by atoms with E-state index >= 15 is 0 Å². The second-order valence-corrected chi connectivity index (χ2v) is 4.13. The largest absolute Gasteiger partial charge is 0.394 e. The first kappa shape index (κ1) is 28.2. The van der Waals surface area contributed by atoms with Gasteiger partial charge in [-0.05, 0) is 12.8 Å². The van der Waals surface area contributed by atoms with Gasteiger partial charge in [-0.2, -0.15) is 8.42 Å². The molecule has 21 heavy (non-hydrogen) atoms. The predicted octanol–water partition coefficient (Wildman–Crippen LogP) is -0.301. The molecular weight excluding hydrogens is 314 g/mol. The van der Waals surface area contributed by atoms with Crippen LogP contribution in [0, 0.1) is 10.1 Å². The van der Waals surface area contributed by atoms with Crippen molar-refractivity contribution >= 4 is 10.4 Å². The molecule has 0 atom stereocenters. The molecule has 0 saturated carbocycles. The molecule has 132 valence electrons. The van der Waals surface area contributed by atoms with Crippen LogP contribution in [0.1, 0.15) is 34.1 Å². The van der Waals surface area contributed by atoms with Gasteiger partial charge in [-0.1, -0.05) is 21.3 Å². The SMILES string of the molecule is C.CCC(CC)O[N+](=O)[O-].O=S(=O)(O)O.OCC(O)CO. The average Bonchev–Trinajstić information content (AvgIpc) is 2.33. The van der Waals surface area contributed by atoms with E-state index in [0.717, 1.165) is 0 Å². The normalized spacial score (nSPS) is 9.76. The molecule has 0 amide bonds. The number of rotatable bonds is 6. The van der Waals surface area contributed by atoms with Gasteiger partial charge in [0.1, 0.15) is 12.2 Å². The predicted molar refractivity (Wildman–Crippen MR) is 73.5 cm³/mol. The first-order valence-corrected chi connectivity index (χ1v) is 6.82. The molecule has 11 nitrogen and oxygen atoms in total. The standard InChI is InChI=1S/C5H11NO3.C3H8O3.CH4.H2O4S/c1-3-5(4-2)9-6(7)8;4-1-3(6)2-5;;1-5(2,3)4/h5H,3-4H2,1-2H3;3-6H,1-2H2;1H4;(H2,1,2,3,4). The van der Waals surface area contributed by atoms with Gasteiger partial charge in [0.2, 0.25) is 0 Å². The van der Waals surface area contributed by atoms with Crippen LogP contribution in [0.3, 0.4) is 0 Å². The van der Waals surface area contributed by atoms with Crippen LogP contribution in [-0.2, 0) is 15.2 Å². The van der Waals surface area contributed by atoms with Crippen LogP contribution in [0.25, 0.3) is 0 Å². The van der Waals surface area contributed by atoms with E-state index in [-0.39, 0.29) is 26.7 Å². The highest BCUT2D eigenvalue weighted by atomic mass is 32.3. The monoisotopic (exact) mass is 339 g/mol.